The van der Waals surface area contributed by atoms with E-state index in [1.54, 1.807) is 6.92 Å². The van der Waals surface area contributed by atoms with Crippen LogP contribution < -0.4 is 0 Å². The second kappa shape index (κ2) is 5.74. The predicted octanol–water partition coefficient (Wildman–Crippen LogP) is 3.89. The van der Waals surface area contributed by atoms with Gasteiger partial charge in [-0.25, -0.2) is 0 Å². The largest absolute Gasteiger partial charge is 0.341 e. The minimum atomic E-state index is -3.21. The maximum absolute atomic E-state index is 12.0. The fourth-order valence-corrected chi connectivity index (χ4v) is 3.29. The number of benzene rings is 2. The van der Waals surface area contributed by atoms with Gasteiger partial charge in [0.25, 0.3) is 8.03 Å². The van der Waals surface area contributed by atoms with Gasteiger partial charge in [0.15, 0.2) is 0 Å². The molecular formula is C16H17O3P. The molecule has 0 fully saturated rings. The van der Waals surface area contributed by atoms with Crippen LogP contribution in [0.4, 0.5) is 0 Å². The van der Waals surface area contributed by atoms with E-state index in [1.165, 1.54) is 0 Å². The van der Waals surface area contributed by atoms with E-state index < -0.39 is 13.6 Å². The van der Waals surface area contributed by atoms with Crippen LogP contribution in [0.2, 0.25) is 0 Å². The lowest BCUT2D eigenvalue weighted by molar-refractivity contribution is 0.106. The smallest absolute Gasteiger partial charge is 0.257 e. The maximum Gasteiger partial charge on any atom is 0.257 e. The van der Waals surface area contributed by atoms with Crippen LogP contribution >= 0.6 is 8.03 Å². The topological polar surface area (TPSA) is 54.4 Å². The molecule has 4 heteroatoms. The number of rotatable bonds is 3. The van der Waals surface area contributed by atoms with Crippen molar-refractivity contribution in [1.82, 2.24) is 0 Å². The van der Waals surface area contributed by atoms with Gasteiger partial charge in [-0.05, 0) is 48.6 Å². The van der Waals surface area contributed by atoms with Crippen molar-refractivity contribution in [1.29, 1.82) is 0 Å². The molecular weight excluding hydrogens is 271 g/mol. The molecule has 2 aromatic carbocycles. The lowest BCUT2D eigenvalue weighted by Crippen LogP contribution is -2.04. The second-order valence-electron chi connectivity index (χ2n) is 4.89. The Kier molecular flexibility index (Phi) is 4.22. The average molecular weight is 288 g/mol. The summed E-state index contributed by atoms with van der Waals surface area (Å²) in [6, 6.07) is 11.6. The zero-order valence-corrected chi connectivity index (χ0v) is 12.7. The first kappa shape index (κ1) is 14.7. The van der Waals surface area contributed by atoms with Crippen molar-refractivity contribution in [2.45, 2.75) is 20.8 Å². The molecule has 1 atom stereocenters. The molecule has 0 bridgehead atoms. The molecule has 0 saturated carbocycles. The third kappa shape index (κ3) is 2.60. The van der Waals surface area contributed by atoms with Gasteiger partial charge in [-0.1, -0.05) is 36.4 Å². The van der Waals surface area contributed by atoms with Crippen molar-refractivity contribution < 1.29 is 14.3 Å². The van der Waals surface area contributed by atoms with E-state index in [1.807, 2.05) is 50.2 Å². The molecule has 0 aromatic heterocycles. The number of carbonyl (C=O) groups excluding carboxylic acids is 1. The lowest BCUT2D eigenvalue weighted by atomic mass is 9.90. The van der Waals surface area contributed by atoms with Crippen LogP contribution in [0.25, 0.3) is 11.1 Å². The Hall–Kier alpha value is -1.70. The standard InChI is InChI=1S/C16H17O3P/c1-10-9-11(2)15(16(17)20(18)19)12(3)14(10)13-7-5-4-6-8-13/h4-9,20H,1-3H3,(H,18,19). The van der Waals surface area contributed by atoms with Gasteiger partial charge < -0.3 is 4.89 Å². The highest BCUT2D eigenvalue weighted by Gasteiger charge is 2.20. The van der Waals surface area contributed by atoms with Crippen LogP contribution in [-0.2, 0) is 4.57 Å². The van der Waals surface area contributed by atoms with Crippen LogP contribution in [0.15, 0.2) is 36.4 Å². The molecule has 0 saturated heterocycles. The van der Waals surface area contributed by atoms with Crippen molar-refractivity contribution in [2.75, 3.05) is 0 Å². The summed E-state index contributed by atoms with van der Waals surface area (Å²) in [4.78, 5) is 21.1. The van der Waals surface area contributed by atoms with E-state index in [9.17, 15) is 9.36 Å². The Morgan fingerprint density at radius 1 is 1.05 bits per heavy atom. The maximum atomic E-state index is 12.0. The van der Waals surface area contributed by atoms with Crippen LogP contribution in [0.5, 0.6) is 0 Å². The second-order valence-corrected chi connectivity index (χ2v) is 5.95. The van der Waals surface area contributed by atoms with Gasteiger partial charge in [0, 0.05) is 5.56 Å². The first-order valence-electron chi connectivity index (χ1n) is 6.37. The monoisotopic (exact) mass is 288 g/mol. The molecule has 0 aliphatic carbocycles. The van der Waals surface area contributed by atoms with Gasteiger partial charge in [0.2, 0.25) is 5.52 Å². The molecule has 2 rings (SSSR count). The summed E-state index contributed by atoms with van der Waals surface area (Å²) in [5.74, 6) is 0. The Morgan fingerprint density at radius 3 is 2.20 bits per heavy atom. The van der Waals surface area contributed by atoms with Gasteiger partial charge >= 0.3 is 0 Å². The first-order chi connectivity index (χ1) is 9.43. The third-order valence-electron chi connectivity index (χ3n) is 3.46. The minimum absolute atomic E-state index is 0.376. The van der Waals surface area contributed by atoms with Crippen molar-refractivity contribution in [3.05, 3.63) is 58.7 Å². The molecule has 0 aliphatic rings. The molecule has 20 heavy (non-hydrogen) atoms. The van der Waals surface area contributed by atoms with E-state index in [0.717, 1.165) is 27.8 Å². The molecule has 0 radical (unpaired) electrons. The van der Waals surface area contributed by atoms with Crippen molar-refractivity contribution in [3.8, 4) is 11.1 Å². The summed E-state index contributed by atoms with van der Waals surface area (Å²) in [5.41, 5.74) is 4.25. The molecule has 3 nitrogen and oxygen atoms in total. The van der Waals surface area contributed by atoms with E-state index >= 15 is 0 Å². The molecule has 1 unspecified atom stereocenters. The van der Waals surface area contributed by atoms with E-state index in [-0.39, 0.29) is 0 Å². The summed E-state index contributed by atoms with van der Waals surface area (Å²) in [6.07, 6.45) is 0. The average Bonchev–Trinajstić information content (AvgIpc) is 2.39. The number of hydrogen-bond acceptors (Lipinski definition) is 2. The summed E-state index contributed by atoms with van der Waals surface area (Å²) in [6.45, 7) is 5.62. The van der Waals surface area contributed by atoms with Gasteiger partial charge in [-0.15, -0.1) is 0 Å². The van der Waals surface area contributed by atoms with Crippen molar-refractivity contribution >= 4 is 13.6 Å². The SMILES string of the molecule is Cc1cc(C)c(-c2ccccc2)c(C)c1C(=O)[PH](=O)O. The molecule has 1 N–H and O–H groups in total. The van der Waals surface area contributed by atoms with Gasteiger partial charge in [0.1, 0.15) is 0 Å². The normalized spacial score (nSPS) is 12.2. The fraction of sp³-hybridized carbons (Fsp3) is 0.188. The van der Waals surface area contributed by atoms with Crippen molar-refractivity contribution in [3.63, 3.8) is 0 Å². The zero-order chi connectivity index (χ0) is 14.9. The fourth-order valence-electron chi connectivity index (χ4n) is 2.69. The quantitative estimate of drug-likeness (QED) is 0.872. The zero-order valence-electron chi connectivity index (χ0n) is 11.7. The third-order valence-corrected chi connectivity index (χ3v) is 4.09. The van der Waals surface area contributed by atoms with Crippen molar-refractivity contribution in [2.24, 2.45) is 0 Å². The number of aryl methyl sites for hydroxylation is 2. The highest BCUT2D eigenvalue weighted by atomic mass is 31.1. The van der Waals surface area contributed by atoms with E-state index in [4.69, 9.17) is 4.89 Å². The molecule has 104 valence electrons. The summed E-state index contributed by atoms with van der Waals surface area (Å²) < 4.78 is 11.2. The molecule has 0 aliphatic heterocycles. The summed E-state index contributed by atoms with van der Waals surface area (Å²) in [7, 11) is -3.21. The highest BCUT2D eigenvalue weighted by molar-refractivity contribution is 7.59. The van der Waals surface area contributed by atoms with Gasteiger partial charge in [-0.3, -0.25) is 9.36 Å². The van der Waals surface area contributed by atoms with Crippen LogP contribution in [-0.4, -0.2) is 10.4 Å². The minimum Gasteiger partial charge on any atom is -0.341 e. The highest BCUT2D eigenvalue weighted by Crippen LogP contribution is 2.35. The Morgan fingerprint density at radius 2 is 1.65 bits per heavy atom. The molecule has 2 aromatic rings. The summed E-state index contributed by atoms with van der Waals surface area (Å²) in [5, 5.41) is 0. The van der Waals surface area contributed by atoms with E-state index in [2.05, 4.69) is 0 Å². The predicted molar refractivity (Wildman–Crippen MR) is 81.6 cm³/mol. The number of hydrogen-bond donors (Lipinski definition) is 1. The van der Waals surface area contributed by atoms with E-state index in [0.29, 0.717) is 5.56 Å². The van der Waals surface area contributed by atoms with Crippen LogP contribution in [0, 0.1) is 20.8 Å². The lowest BCUT2D eigenvalue weighted by Gasteiger charge is -2.16. The molecule has 0 heterocycles. The Balaban J connectivity index is 2.75. The van der Waals surface area contributed by atoms with Crippen LogP contribution in [0.1, 0.15) is 27.0 Å². The van der Waals surface area contributed by atoms with Gasteiger partial charge in [-0.2, -0.15) is 0 Å². The molecule has 0 spiro atoms. The van der Waals surface area contributed by atoms with Crippen LogP contribution in [0.3, 0.4) is 0 Å². The molecule has 0 amide bonds. The Labute approximate surface area is 119 Å². The number of carbonyl (C=O) groups is 1. The summed E-state index contributed by atoms with van der Waals surface area (Å²) >= 11 is 0. The Bertz CT molecular complexity index is 691. The first-order valence-corrected chi connectivity index (χ1v) is 7.73. The van der Waals surface area contributed by atoms with Gasteiger partial charge in [0.05, 0.1) is 0 Å².